The molecular weight excluding hydrogens is 222 g/mol. The smallest absolute Gasteiger partial charge is 0.102 e. The van der Waals surface area contributed by atoms with Crippen molar-refractivity contribution in [2.45, 2.75) is 0 Å². The van der Waals surface area contributed by atoms with Gasteiger partial charge in [0.2, 0.25) is 0 Å². The minimum atomic E-state index is 1.00. The number of aromatic nitrogens is 3. The third-order valence-electron chi connectivity index (χ3n) is 3.31. The van der Waals surface area contributed by atoms with Gasteiger partial charge in [-0.25, -0.2) is 0 Å². The molecule has 0 aliphatic heterocycles. The molecule has 0 bridgehead atoms. The van der Waals surface area contributed by atoms with Gasteiger partial charge in [0.05, 0.1) is 5.52 Å². The van der Waals surface area contributed by atoms with Gasteiger partial charge in [-0.1, -0.05) is 36.4 Å². The number of fused-ring (bicyclic) bond motifs is 2. The average Bonchev–Trinajstić information content (AvgIpc) is 3.01. The number of nitrogens with zero attached hydrogens (tertiary/aromatic N) is 1. The Labute approximate surface area is 103 Å². The standard InChI is InChI=1S/C15H11N3/c1-3-7-13-10(5-1)12(9-16-13)15-11-6-2-4-8-14(11)17-18-15/h1-9,16H,(H,17,18). The molecule has 0 saturated carbocycles. The number of para-hydroxylation sites is 2. The molecule has 0 radical (unpaired) electrons. The Balaban J connectivity index is 2.08. The molecule has 0 spiro atoms. The second kappa shape index (κ2) is 3.47. The summed E-state index contributed by atoms with van der Waals surface area (Å²) in [4.78, 5) is 3.29. The van der Waals surface area contributed by atoms with E-state index in [0.29, 0.717) is 0 Å². The van der Waals surface area contributed by atoms with Crippen molar-refractivity contribution in [2.75, 3.05) is 0 Å². The Bertz CT molecular complexity index is 767. The van der Waals surface area contributed by atoms with Crippen LogP contribution in [0.4, 0.5) is 0 Å². The first kappa shape index (κ1) is 9.48. The fraction of sp³-hybridized carbons (Fsp3) is 0. The van der Waals surface area contributed by atoms with Crippen LogP contribution in [0.15, 0.2) is 54.7 Å². The monoisotopic (exact) mass is 233 g/mol. The maximum atomic E-state index is 4.44. The number of rotatable bonds is 1. The van der Waals surface area contributed by atoms with E-state index in [1.807, 2.05) is 30.5 Å². The summed E-state index contributed by atoms with van der Waals surface area (Å²) in [6, 6.07) is 16.5. The predicted octanol–water partition coefficient (Wildman–Crippen LogP) is 3.71. The molecule has 2 aromatic carbocycles. The van der Waals surface area contributed by atoms with E-state index >= 15 is 0 Å². The van der Waals surface area contributed by atoms with Crippen LogP contribution < -0.4 is 0 Å². The van der Waals surface area contributed by atoms with Crippen LogP contribution in [0.5, 0.6) is 0 Å². The highest BCUT2D eigenvalue weighted by molar-refractivity contribution is 6.02. The van der Waals surface area contributed by atoms with Crippen molar-refractivity contribution in [3.8, 4) is 11.3 Å². The van der Waals surface area contributed by atoms with Gasteiger partial charge < -0.3 is 4.98 Å². The molecule has 0 aliphatic carbocycles. The van der Waals surface area contributed by atoms with Crippen LogP contribution in [-0.2, 0) is 0 Å². The third-order valence-corrected chi connectivity index (χ3v) is 3.31. The highest BCUT2D eigenvalue weighted by Gasteiger charge is 2.11. The van der Waals surface area contributed by atoms with Crippen molar-refractivity contribution in [3.05, 3.63) is 54.7 Å². The van der Waals surface area contributed by atoms with Crippen molar-refractivity contribution < 1.29 is 0 Å². The quantitative estimate of drug-likeness (QED) is 0.517. The van der Waals surface area contributed by atoms with Crippen molar-refractivity contribution in [3.63, 3.8) is 0 Å². The Morgan fingerprint density at radius 2 is 1.50 bits per heavy atom. The molecule has 2 aromatic heterocycles. The average molecular weight is 233 g/mol. The first-order valence-electron chi connectivity index (χ1n) is 5.93. The summed E-state index contributed by atoms with van der Waals surface area (Å²) in [7, 11) is 0. The van der Waals surface area contributed by atoms with E-state index in [1.54, 1.807) is 0 Å². The zero-order valence-corrected chi connectivity index (χ0v) is 9.64. The van der Waals surface area contributed by atoms with Crippen molar-refractivity contribution in [1.29, 1.82) is 0 Å². The molecular formula is C15H11N3. The molecule has 2 heterocycles. The molecule has 0 fully saturated rings. The Morgan fingerprint density at radius 3 is 2.39 bits per heavy atom. The SMILES string of the molecule is c1ccc2c(-c3n[nH]c4ccccc34)c[nH]c2c1. The molecule has 86 valence electrons. The first-order chi connectivity index (χ1) is 8.93. The zero-order chi connectivity index (χ0) is 11.9. The molecule has 0 saturated heterocycles. The predicted molar refractivity (Wildman–Crippen MR) is 73.4 cm³/mol. The molecule has 4 rings (SSSR count). The summed E-state index contributed by atoms with van der Waals surface area (Å²) < 4.78 is 0. The van der Waals surface area contributed by atoms with Crippen molar-refractivity contribution in [2.24, 2.45) is 0 Å². The van der Waals surface area contributed by atoms with Gasteiger partial charge in [0, 0.05) is 28.0 Å². The Hall–Kier alpha value is -2.55. The molecule has 3 heteroatoms. The van der Waals surface area contributed by atoms with Gasteiger partial charge in [0.1, 0.15) is 5.69 Å². The lowest BCUT2D eigenvalue weighted by atomic mass is 10.1. The minimum Gasteiger partial charge on any atom is -0.360 e. The molecule has 2 N–H and O–H groups in total. The summed E-state index contributed by atoms with van der Waals surface area (Å²) in [5.41, 5.74) is 4.35. The maximum Gasteiger partial charge on any atom is 0.102 e. The number of hydrogen-bond donors (Lipinski definition) is 2. The van der Waals surface area contributed by atoms with E-state index in [4.69, 9.17) is 0 Å². The van der Waals surface area contributed by atoms with E-state index in [2.05, 4.69) is 39.4 Å². The first-order valence-corrected chi connectivity index (χ1v) is 5.93. The molecule has 0 aliphatic rings. The van der Waals surface area contributed by atoms with Gasteiger partial charge in [0.15, 0.2) is 0 Å². The largest absolute Gasteiger partial charge is 0.360 e. The van der Waals surface area contributed by atoms with Crippen LogP contribution in [0.2, 0.25) is 0 Å². The van der Waals surface area contributed by atoms with Gasteiger partial charge in [-0.15, -0.1) is 0 Å². The lowest BCUT2D eigenvalue weighted by molar-refractivity contribution is 1.12. The summed E-state index contributed by atoms with van der Waals surface area (Å²) in [6.45, 7) is 0. The highest BCUT2D eigenvalue weighted by Crippen LogP contribution is 2.31. The Kier molecular flexibility index (Phi) is 1.83. The van der Waals surface area contributed by atoms with Gasteiger partial charge in [-0.3, -0.25) is 5.10 Å². The van der Waals surface area contributed by atoms with Crippen LogP contribution in [0.3, 0.4) is 0 Å². The number of hydrogen-bond acceptors (Lipinski definition) is 1. The van der Waals surface area contributed by atoms with Crippen molar-refractivity contribution >= 4 is 21.8 Å². The number of benzene rings is 2. The van der Waals surface area contributed by atoms with Crippen LogP contribution >= 0.6 is 0 Å². The highest BCUT2D eigenvalue weighted by atomic mass is 15.1. The number of aromatic amines is 2. The molecule has 18 heavy (non-hydrogen) atoms. The fourth-order valence-corrected chi connectivity index (χ4v) is 2.44. The zero-order valence-electron chi connectivity index (χ0n) is 9.64. The Morgan fingerprint density at radius 1 is 0.778 bits per heavy atom. The van der Waals surface area contributed by atoms with Crippen LogP contribution in [0, 0.1) is 0 Å². The summed E-state index contributed by atoms with van der Waals surface area (Å²) >= 11 is 0. The van der Waals surface area contributed by atoms with Crippen LogP contribution in [0.1, 0.15) is 0 Å². The summed E-state index contributed by atoms with van der Waals surface area (Å²) in [5, 5.41) is 9.88. The van der Waals surface area contributed by atoms with Crippen LogP contribution in [-0.4, -0.2) is 15.2 Å². The van der Waals surface area contributed by atoms with E-state index < -0.39 is 0 Å². The second-order valence-corrected chi connectivity index (χ2v) is 4.37. The molecule has 0 atom stereocenters. The third kappa shape index (κ3) is 1.21. The summed E-state index contributed by atoms with van der Waals surface area (Å²) in [6.07, 6.45) is 2.02. The normalized spacial score (nSPS) is 11.3. The maximum absolute atomic E-state index is 4.44. The van der Waals surface area contributed by atoms with Crippen LogP contribution in [0.25, 0.3) is 33.1 Å². The molecule has 0 unspecified atom stereocenters. The molecule has 0 amide bonds. The fourth-order valence-electron chi connectivity index (χ4n) is 2.44. The van der Waals surface area contributed by atoms with Gasteiger partial charge in [-0.05, 0) is 12.1 Å². The number of nitrogens with one attached hydrogen (secondary N) is 2. The lowest BCUT2D eigenvalue weighted by Crippen LogP contribution is -1.76. The summed E-state index contributed by atoms with van der Waals surface area (Å²) in [5.74, 6) is 0. The van der Waals surface area contributed by atoms with E-state index in [1.165, 1.54) is 5.39 Å². The molecule has 3 nitrogen and oxygen atoms in total. The van der Waals surface area contributed by atoms with Gasteiger partial charge in [0.25, 0.3) is 0 Å². The van der Waals surface area contributed by atoms with Gasteiger partial charge >= 0.3 is 0 Å². The second-order valence-electron chi connectivity index (χ2n) is 4.37. The van der Waals surface area contributed by atoms with Crippen molar-refractivity contribution in [1.82, 2.24) is 15.2 Å². The molecule has 4 aromatic rings. The number of H-pyrrole nitrogens is 2. The van der Waals surface area contributed by atoms with Gasteiger partial charge in [-0.2, -0.15) is 5.10 Å². The van der Waals surface area contributed by atoms with E-state index in [-0.39, 0.29) is 0 Å². The van der Waals surface area contributed by atoms with E-state index in [9.17, 15) is 0 Å². The lowest BCUT2D eigenvalue weighted by Gasteiger charge is -1.95. The van der Waals surface area contributed by atoms with E-state index in [0.717, 1.165) is 27.7 Å². The topological polar surface area (TPSA) is 44.5 Å². The minimum absolute atomic E-state index is 1.00.